The van der Waals surface area contributed by atoms with Gasteiger partial charge in [-0.2, -0.15) is 0 Å². The minimum absolute atomic E-state index is 0.252. The fourth-order valence-corrected chi connectivity index (χ4v) is 3.00. The van der Waals surface area contributed by atoms with Crippen molar-refractivity contribution >= 4 is 24.8 Å². The molecule has 44 heavy (non-hydrogen) atoms. The zero-order valence-electron chi connectivity index (χ0n) is 25.8. The van der Waals surface area contributed by atoms with E-state index in [4.69, 9.17) is 23.7 Å². The van der Waals surface area contributed by atoms with Gasteiger partial charge in [-0.25, -0.2) is 9.18 Å². The van der Waals surface area contributed by atoms with E-state index >= 15 is 0 Å². The summed E-state index contributed by atoms with van der Waals surface area (Å²) in [7, 11) is 4.56. The standard InChI is InChI=1S/C14H13FO2.C14H16O4.C4H6O.C3H4O/c1-16-12-6-3-10(4-7-12)11-5-8-14(17-2)13(15)9-11;1-10(2)14(16)18-13-9-11(5-4-8-15)6-7-12(13)17-3;1-4(2)3-5;1-2-3-4/h3-9H,1-2H3;6-9H,1,4-5H2,2-3H3;3H,1H2,2H3;2-3H,1H2. The zero-order valence-corrected chi connectivity index (χ0v) is 25.8. The predicted molar refractivity (Wildman–Crippen MR) is 170 cm³/mol. The van der Waals surface area contributed by atoms with E-state index in [2.05, 4.69) is 19.7 Å². The zero-order chi connectivity index (χ0) is 33.5. The highest BCUT2D eigenvalue weighted by Crippen LogP contribution is 2.29. The number of esters is 1. The SMILES string of the molecule is C=C(C)C(=O)Oc1cc(CCC=O)ccc1OC.C=C(C)C=O.C=CC=O.COc1ccc(-c2ccc(OC)c(F)c2)cc1. The molecule has 234 valence electrons. The number of aryl methyl sites for hydroxylation is 1. The lowest BCUT2D eigenvalue weighted by Gasteiger charge is -2.10. The lowest BCUT2D eigenvalue weighted by Crippen LogP contribution is -2.09. The second kappa shape index (κ2) is 22.3. The molecule has 3 rings (SSSR count). The topological polar surface area (TPSA) is 105 Å². The van der Waals surface area contributed by atoms with Crippen molar-refractivity contribution in [2.75, 3.05) is 21.3 Å². The van der Waals surface area contributed by atoms with Crippen molar-refractivity contribution in [1.82, 2.24) is 0 Å². The number of ether oxygens (including phenoxy) is 4. The van der Waals surface area contributed by atoms with Gasteiger partial charge in [0.2, 0.25) is 0 Å². The summed E-state index contributed by atoms with van der Waals surface area (Å²) in [6, 6.07) is 17.6. The van der Waals surface area contributed by atoms with Crippen molar-refractivity contribution in [3.8, 4) is 34.1 Å². The number of aldehydes is 3. The highest BCUT2D eigenvalue weighted by atomic mass is 19.1. The van der Waals surface area contributed by atoms with Crippen molar-refractivity contribution < 1.29 is 42.5 Å². The third-order valence-electron chi connectivity index (χ3n) is 5.20. The number of hydrogen-bond acceptors (Lipinski definition) is 8. The molecule has 9 heteroatoms. The van der Waals surface area contributed by atoms with Crippen LogP contribution in [0.25, 0.3) is 11.1 Å². The number of benzene rings is 3. The number of rotatable bonds is 11. The second-order valence-electron chi connectivity index (χ2n) is 8.77. The van der Waals surface area contributed by atoms with Crippen LogP contribution in [0.5, 0.6) is 23.0 Å². The first-order valence-electron chi connectivity index (χ1n) is 13.1. The first-order valence-corrected chi connectivity index (χ1v) is 13.1. The highest BCUT2D eigenvalue weighted by molar-refractivity contribution is 5.89. The van der Waals surface area contributed by atoms with Crippen LogP contribution in [0, 0.1) is 5.82 Å². The van der Waals surface area contributed by atoms with Crippen molar-refractivity contribution in [3.05, 3.63) is 109 Å². The highest BCUT2D eigenvalue weighted by Gasteiger charge is 2.11. The van der Waals surface area contributed by atoms with E-state index in [0.717, 1.165) is 35.0 Å². The average Bonchev–Trinajstić information content (AvgIpc) is 3.04. The summed E-state index contributed by atoms with van der Waals surface area (Å²) in [5, 5.41) is 0. The van der Waals surface area contributed by atoms with Gasteiger partial charge in [0.05, 0.1) is 21.3 Å². The first kappa shape index (κ1) is 38.7. The lowest BCUT2D eigenvalue weighted by atomic mass is 10.1. The Bertz CT molecular complexity index is 1390. The fourth-order valence-electron chi connectivity index (χ4n) is 3.00. The molecule has 0 aliphatic carbocycles. The molecule has 8 nitrogen and oxygen atoms in total. The van der Waals surface area contributed by atoms with Gasteiger partial charge >= 0.3 is 5.97 Å². The minimum Gasteiger partial charge on any atom is -0.497 e. The molecule has 0 saturated carbocycles. The number of hydrogen-bond donors (Lipinski definition) is 0. The largest absolute Gasteiger partial charge is 0.497 e. The summed E-state index contributed by atoms with van der Waals surface area (Å²) in [5.41, 5.74) is 3.55. The molecule has 0 radical (unpaired) electrons. The number of methoxy groups -OCH3 is 3. The summed E-state index contributed by atoms with van der Waals surface area (Å²) in [6.45, 7) is 13.2. The smallest absolute Gasteiger partial charge is 0.338 e. The monoisotopic (exact) mass is 606 g/mol. The maximum absolute atomic E-state index is 13.5. The van der Waals surface area contributed by atoms with Crippen molar-refractivity contribution in [2.24, 2.45) is 0 Å². The van der Waals surface area contributed by atoms with Crippen LogP contribution in [0.1, 0.15) is 25.8 Å². The van der Waals surface area contributed by atoms with E-state index in [1.165, 1.54) is 26.4 Å². The molecule has 0 bridgehead atoms. The van der Waals surface area contributed by atoms with Crippen LogP contribution in [0.2, 0.25) is 0 Å². The van der Waals surface area contributed by atoms with E-state index in [-0.39, 0.29) is 11.6 Å². The summed E-state index contributed by atoms with van der Waals surface area (Å²) in [4.78, 5) is 40.3. The van der Waals surface area contributed by atoms with Gasteiger partial charge in [0.1, 0.15) is 24.6 Å². The van der Waals surface area contributed by atoms with Gasteiger partial charge in [-0.15, -0.1) is 0 Å². The maximum atomic E-state index is 13.5. The quantitative estimate of drug-likeness (QED) is 0.1000. The van der Waals surface area contributed by atoms with Crippen LogP contribution in [0.15, 0.2) is 97.6 Å². The number of allylic oxidation sites excluding steroid dienone is 2. The molecular weight excluding hydrogens is 567 g/mol. The molecule has 0 fully saturated rings. The van der Waals surface area contributed by atoms with Gasteiger partial charge < -0.3 is 23.7 Å². The van der Waals surface area contributed by atoms with Crippen LogP contribution < -0.4 is 18.9 Å². The van der Waals surface area contributed by atoms with Gasteiger partial charge in [0.25, 0.3) is 0 Å². The first-order chi connectivity index (χ1) is 21.0. The molecule has 0 saturated heterocycles. The minimum atomic E-state index is -0.499. The number of carbonyl (C=O) groups is 4. The summed E-state index contributed by atoms with van der Waals surface area (Å²) >= 11 is 0. The number of halogens is 1. The molecule has 0 amide bonds. The predicted octanol–water partition coefficient (Wildman–Crippen LogP) is 6.95. The van der Waals surface area contributed by atoms with Crippen molar-refractivity contribution in [3.63, 3.8) is 0 Å². The molecule has 0 spiro atoms. The van der Waals surface area contributed by atoms with Gasteiger partial charge in [0, 0.05) is 12.0 Å². The Hall–Kier alpha value is -5.31. The van der Waals surface area contributed by atoms with Crippen LogP contribution in [0.4, 0.5) is 4.39 Å². The van der Waals surface area contributed by atoms with Gasteiger partial charge in [0.15, 0.2) is 23.1 Å². The molecule has 3 aromatic carbocycles. The van der Waals surface area contributed by atoms with E-state index in [1.807, 2.05) is 36.4 Å². The van der Waals surface area contributed by atoms with E-state index in [1.54, 1.807) is 39.2 Å². The van der Waals surface area contributed by atoms with E-state index in [0.29, 0.717) is 41.8 Å². The summed E-state index contributed by atoms with van der Waals surface area (Å²) in [6.07, 6.45) is 4.44. The summed E-state index contributed by atoms with van der Waals surface area (Å²) in [5.74, 6) is 0.986. The molecule has 0 atom stereocenters. The van der Waals surface area contributed by atoms with Gasteiger partial charge in [-0.3, -0.25) is 9.59 Å². The Morgan fingerprint density at radius 1 is 0.795 bits per heavy atom. The van der Waals surface area contributed by atoms with Gasteiger partial charge in [-0.05, 0) is 85.0 Å². The molecule has 0 aromatic heterocycles. The van der Waals surface area contributed by atoms with Crippen molar-refractivity contribution in [2.45, 2.75) is 26.7 Å². The van der Waals surface area contributed by atoms with Crippen LogP contribution in [-0.2, 0) is 25.6 Å². The van der Waals surface area contributed by atoms with E-state index in [9.17, 15) is 18.8 Å². The third-order valence-corrected chi connectivity index (χ3v) is 5.20. The molecular formula is C35H39FO8. The Balaban J connectivity index is 0.000000661. The Kier molecular flexibility index (Phi) is 19.6. The fraction of sp³-hybridized carbons (Fsp3) is 0.200. The molecule has 0 unspecified atom stereocenters. The van der Waals surface area contributed by atoms with Crippen LogP contribution in [-0.4, -0.2) is 46.2 Å². The summed E-state index contributed by atoms with van der Waals surface area (Å²) < 4.78 is 33.8. The van der Waals surface area contributed by atoms with Crippen LogP contribution >= 0.6 is 0 Å². The molecule has 3 aromatic rings. The lowest BCUT2D eigenvalue weighted by molar-refractivity contribution is -0.130. The molecule has 0 aliphatic rings. The van der Waals surface area contributed by atoms with Crippen molar-refractivity contribution in [1.29, 1.82) is 0 Å². The Morgan fingerprint density at radius 2 is 1.34 bits per heavy atom. The molecule has 0 aliphatic heterocycles. The van der Waals surface area contributed by atoms with Gasteiger partial charge in [-0.1, -0.05) is 44.0 Å². The molecule has 0 N–H and O–H groups in total. The second-order valence-corrected chi connectivity index (χ2v) is 8.77. The number of carbonyl (C=O) groups excluding carboxylic acids is 4. The third kappa shape index (κ3) is 15.1. The average molecular weight is 607 g/mol. The normalized spacial score (nSPS) is 9.05. The van der Waals surface area contributed by atoms with Crippen LogP contribution in [0.3, 0.4) is 0 Å². The maximum Gasteiger partial charge on any atom is 0.338 e. The Labute approximate surface area is 258 Å². The Morgan fingerprint density at radius 3 is 1.77 bits per heavy atom. The van der Waals surface area contributed by atoms with E-state index < -0.39 is 5.97 Å². The molecule has 0 heterocycles.